The first kappa shape index (κ1) is 5.87. The Hall–Kier alpha value is -0.130. The molecule has 0 rings (SSSR count). The van der Waals surface area contributed by atoms with Crippen LogP contribution >= 0.6 is 12.6 Å². The minimum atomic E-state index is -1.24. The Labute approximate surface area is 42.8 Å². The van der Waals surface area contributed by atoms with Gasteiger partial charge in [-0.15, -0.1) is 19.1 Å². The first-order valence-corrected chi connectivity index (χ1v) is 1.93. The van der Waals surface area contributed by atoms with Crippen molar-refractivity contribution in [2.45, 2.75) is 11.9 Å². The Kier molecular flexibility index (Phi) is 1.51. The lowest BCUT2D eigenvalue weighted by molar-refractivity contribution is 0.221. The van der Waals surface area contributed by atoms with E-state index in [1.54, 1.807) is 0 Å². The van der Waals surface area contributed by atoms with Gasteiger partial charge in [0.1, 0.15) is 0 Å². The van der Waals surface area contributed by atoms with Gasteiger partial charge in [0.25, 0.3) is 0 Å². The standard InChI is InChI=1S/C4H6OS/c1-3-4(2,5)6/h1,5-6H,2H3. The minimum absolute atomic E-state index is 1.24. The summed E-state index contributed by atoms with van der Waals surface area (Å²) >= 11 is 3.57. The van der Waals surface area contributed by atoms with Crippen molar-refractivity contribution < 1.29 is 5.11 Å². The lowest BCUT2D eigenvalue weighted by atomic mass is 10.4. The molecule has 2 heteroatoms. The summed E-state index contributed by atoms with van der Waals surface area (Å²) in [7, 11) is 0. The molecule has 0 fully saturated rings. The highest BCUT2D eigenvalue weighted by Crippen LogP contribution is 2.03. The molecule has 0 saturated heterocycles. The van der Waals surface area contributed by atoms with E-state index in [0.717, 1.165) is 0 Å². The average molecular weight is 102 g/mol. The molecule has 1 atom stereocenters. The molecule has 0 bridgehead atoms. The molecule has 0 aliphatic carbocycles. The molecule has 34 valence electrons. The van der Waals surface area contributed by atoms with Crippen LogP contribution in [0, 0.1) is 12.3 Å². The number of terminal acetylenes is 1. The molecular weight excluding hydrogens is 96.1 g/mol. The van der Waals surface area contributed by atoms with Crippen LogP contribution in [0.2, 0.25) is 0 Å². The van der Waals surface area contributed by atoms with E-state index in [1.165, 1.54) is 6.92 Å². The van der Waals surface area contributed by atoms with Gasteiger partial charge in [0, 0.05) is 0 Å². The van der Waals surface area contributed by atoms with Gasteiger partial charge in [-0.2, -0.15) is 0 Å². The van der Waals surface area contributed by atoms with Gasteiger partial charge in [-0.25, -0.2) is 0 Å². The molecule has 0 aromatic heterocycles. The Morgan fingerprint density at radius 1 is 2.00 bits per heavy atom. The van der Waals surface area contributed by atoms with Crippen molar-refractivity contribution in [2.24, 2.45) is 0 Å². The lowest BCUT2D eigenvalue weighted by Gasteiger charge is -2.02. The van der Waals surface area contributed by atoms with Crippen LogP contribution in [-0.2, 0) is 0 Å². The molecule has 0 aliphatic rings. The van der Waals surface area contributed by atoms with Crippen molar-refractivity contribution in [1.82, 2.24) is 0 Å². The molecule has 0 aromatic carbocycles. The maximum atomic E-state index is 8.45. The van der Waals surface area contributed by atoms with Gasteiger partial charge in [0.05, 0.1) is 0 Å². The second-order valence-corrected chi connectivity index (χ2v) is 2.04. The molecule has 1 unspecified atom stereocenters. The van der Waals surface area contributed by atoms with Gasteiger partial charge in [0.2, 0.25) is 0 Å². The SMILES string of the molecule is C#CC(C)(O)S. The summed E-state index contributed by atoms with van der Waals surface area (Å²) in [5.41, 5.74) is 0. The van der Waals surface area contributed by atoms with Gasteiger partial charge < -0.3 is 5.11 Å². The molecule has 0 aromatic rings. The smallest absolute Gasteiger partial charge is 0.166 e. The first-order valence-electron chi connectivity index (χ1n) is 1.49. The number of hydrogen-bond donors (Lipinski definition) is 2. The van der Waals surface area contributed by atoms with Crippen LogP contribution < -0.4 is 0 Å². The van der Waals surface area contributed by atoms with Crippen molar-refractivity contribution in [2.75, 3.05) is 0 Å². The molecule has 0 amide bonds. The zero-order valence-electron chi connectivity index (χ0n) is 3.47. The molecule has 1 N–H and O–H groups in total. The van der Waals surface area contributed by atoms with Crippen LogP contribution in [-0.4, -0.2) is 10.0 Å². The predicted molar refractivity (Wildman–Crippen MR) is 28.4 cm³/mol. The van der Waals surface area contributed by atoms with Crippen LogP contribution in [0.4, 0.5) is 0 Å². The zero-order chi connectivity index (χ0) is 5.21. The molecule has 1 nitrogen and oxygen atoms in total. The van der Waals surface area contributed by atoms with Crippen LogP contribution in [0.25, 0.3) is 0 Å². The second kappa shape index (κ2) is 1.55. The van der Waals surface area contributed by atoms with Crippen LogP contribution in [0.3, 0.4) is 0 Å². The normalized spacial score (nSPS) is 18.3. The van der Waals surface area contributed by atoms with E-state index in [9.17, 15) is 0 Å². The molecule has 0 saturated carbocycles. The average Bonchev–Trinajstić information content (AvgIpc) is 1.35. The fourth-order valence-corrected chi connectivity index (χ4v) is 0. The van der Waals surface area contributed by atoms with Crippen molar-refractivity contribution >= 4 is 12.6 Å². The molecular formula is C4H6OS. The highest BCUT2D eigenvalue weighted by atomic mass is 32.1. The van der Waals surface area contributed by atoms with Gasteiger partial charge in [-0.05, 0) is 6.92 Å². The molecule has 6 heavy (non-hydrogen) atoms. The Balaban J connectivity index is 3.55. The summed E-state index contributed by atoms with van der Waals surface area (Å²) < 4.78 is 0. The second-order valence-electron chi connectivity index (χ2n) is 1.17. The Morgan fingerprint density at radius 2 is 2.17 bits per heavy atom. The quantitative estimate of drug-likeness (QED) is 0.255. The topological polar surface area (TPSA) is 20.2 Å². The minimum Gasteiger partial charge on any atom is -0.369 e. The predicted octanol–water partition coefficient (Wildman–Crippen LogP) is 0.258. The van der Waals surface area contributed by atoms with E-state index in [0.29, 0.717) is 0 Å². The highest BCUT2D eigenvalue weighted by molar-refractivity contribution is 7.81. The van der Waals surface area contributed by atoms with E-state index in [-0.39, 0.29) is 0 Å². The van der Waals surface area contributed by atoms with Crippen LogP contribution in [0.5, 0.6) is 0 Å². The maximum absolute atomic E-state index is 8.45. The van der Waals surface area contributed by atoms with Gasteiger partial charge in [0.15, 0.2) is 4.93 Å². The van der Waals surface area contributed by atoms with E-state index in [4.69, 9.17) is 11.5 Å². The van der Waals surface area contributed by atoms with Crippen LogP contribution in [0.15, 0.2) is 0 Å². The van der Waals surface area contributed by atoms with Crippen LogP contribution in [0.1, 0.15) is 6.92 Å². The first-order chi connectivity index (χ1) is 2.56. The fourth-order valence-electron chi connectivity index (χ4n) is 0. The van der Waals surface area contributed by atoms with Crippen molar-refractivity contribution in [3.05, 3.63) is 0 Å². The summed E-state index contributed by atoms with van der Waals surface area (Å²) in [6, 6.07) is 0. The van der Waals surface area contributed by atoms with E-state index in [2.05, 4.69) is 12.6 Å². The van der Waals surface area contributed by atoms with E-state index in [1.807, 2.05) is 5.92 Å². The summed E-state index contributed by atoms with van der Waals surface area (Å²) in [6.45, 7) is 1.43. The molecule has 0 heterocycles. The zero-order valence-corrected chi connectivity index (χ0v) is 4.37. The number of rotatable bonds is 0. The number of aliphatic hydroxyl groups is 1. The highest BCUT2D eigenvalue weighted by Gasteiger charge is 2.04. The summed E-state index contributed by atoms with van der Waals surface area (Å²) in [5.74, 6) is 2.02. The summed E-state index contributed by atoms with van der Waals surface area (Å²) in [4.78, 5) is -1.24. The largest absolute Gasteiger partial charge is 0.369 e. The third kappa shape index (κ3) is 3.87. The van der Waals surface area contributed by atoms with Crippen molar-refractivity contribution in [3.8, 4) is 12.3 Å². The summed E-state index contributed by atoms with van der Waals surface area (Å²) in [5, 5.41) is 8.45. The molecule has 0 aliphatic heterocycles. The lowest BCUT2D eigenvalue weighted by Crippen LogP contribution is -2.09. The number of hydrogen-bond acceptors (Lipinski definition) is 2. The monoisotopic (exact) mass is 102 g/mol. The molecule has 0 spiro atoms. The summed E-state index contributed by atoms with van der Waals surface area (Å²) in [6.07, 6.45) is 4.73. The van der Waals surface area contributed by atoms with Crippen molar-refractivity contribution in [3.63, 3.8) is 0 Å². The van der Waals surface area contributed by atoms with E-state index >= 15 is 0 Å². The van der Waals surface area contributed by atoms with Gasteiger partial charge >= 0.3 is 0 Å². The maximum Gasteiger partial charge on any atom is 0.166 e. The fraction of sp³-hybridized carbons (Fsp3) is 0.500. The van der Waals surface area contributed by atoms with Gasteiger partial charge in [-0.3, -0.25) is 0 Å². The Morgan fingerprint density at radius 3 is 2.17 bits per heavy atom. The number of thiol groups is 1. The van der Waals surface area contributed by atoms with E-state index < -0.39 is 4.93 Å². The van der Waals surface area contributed by atoms with Crippen molar-refractivity contribution in [1.29, 1.82) is 0 Å². The third-order valence-corrected chi connectivity index (χ3v) is 0.403. The van der Waals surface area contributed by atoms with Gasteiger partial charge in [-0.1, -0.05) is 5.92 Å². The third-order valence-electron chi connectivity index (χ3n) is 0.273. The Bertz CT molecular complexity index is 74.5. The molecule has 0 radical (unpaired) electrons.